The maximum Gasteiger partial charge on any atom is 0.308 e. The summed E-state index contributed by atoms with van der Waals surface area (Å²) in [6, 6.07) is 1.43. The lowest BCUT2D eigenvalue weighted by Gasteiger charge is -2.22. The van der Waals surface area contributed by atoms with Gasteiger partial charge in [0.25, 0.3) is 5.91 Å². The van der Waals surface area contributed by atoms with Crippen molar-refractivity contribution in [2.75, 3.05) is 13.1 Å². The third-order valence-electron chi connectivity index (χ3n) is 2.54. The number of carboxylic acid groups (broad SMARTS) is 1. The Morgan fingerprint density at radius 2 is 2.11 bits per heavy atom. The van der Waals surface area contributed by atoms with E-state index in [0.29, 0.717) is 6.54 Å². The number of aromatic nitrogens is 1. The molecule has 0 saturated carbocycles. The van der Waals surface area contributed by atoms with E-state index in [9.17, 15) is 9.59 Å². The second-order valence-corrected chi connectivity index (χ2v) is 4.71. The average molecular weight is 293 g/mol. The zero-order chi connectivity index (χ0) is 13.9. The van der Waals surface area contributed by atoms with Crippen LogP contribution in [0, 0.1) is 5.92 Å². The number of carbonyl (C=O) groups is 2. The normalized spacial score (nSPS) is 12.2. The Morgan fingerprint density at radius 1 is 1.50 bits per heavy atom. The van der Waals surface area contributed by atoms with Crippen molar-refractivity contribution in [1.29, 1.82) is 0 Å². The first kappa shape index (κ1) is 14.9. The van der Waals surface area contributed by atoms with Crippen LogP contribution in [0.3, 0.4) is 0 Å². The summed E-state index contributed by atoms with van der Waals surface area (Å²) in [5.74, 6) is -1.89. The molecule has 0 bridgehead atoms. The van der Waals surface area contributed by atoms with Gasteiger partial charge in [0, 0.05) is 13.1 Å². The van der Waals surface area contributed by atoms with Gasteiger partial charge < -0.3 is 15.0 Å². The Labute approximate surface area is 115 Å². The van der Waals surface area contributed by atoms with E-state index >= 15 is 0 Å². The summed E-state index contributed by atoms with van der Waals surface area (Å²) in [5.41, 5.74) is 0.254. The molecular weight excluding hydrogens is 279 g/mol. The number of halogens is 2. The van der Waals surface area contributed by atoms with Gasteiger partial charge in [-0.15, -0.1) is 0 Å². The SMILES string of the molecule is CCN(CC(C)C(=O)O)C(=O)c1cc(Cl)c(Cl)[nH]1. The molecule has 0 fully saturated rings. The number of nitrogens with one attached hydrogen (secondary N) is 1. The van der Waals surface area contributed by atoms with Crippen LogP contribution in [0.1, 0.15) is 24.3 Å². The highest BCUT2D eigenvalue weighted by molar-refractivity contribution is 6.41. The highest BCUT2D eigenvalue weighted by Crippen LogP contribution is 2.22. The van der Waals surface area contributed by atoms with Crippen LogP contribution in [-0.2, 0) is 4.79 Å². The van der Waals surface area contributed by atoms with Crippen LogP contribution in [0.5, 0.6) is 0 Å². The monoisotopic (exact) mass is 292 g/mol. The number of amides is 1. The quantitative estimate of drug-likeness (QED) is 0.876. The van der Waals surface area contributed by atoms with Gasteiger partial charge in [-0.3, -0.25) is 9.59 Å². The van der Waals surface area contributed by atoms with Crippen molar-refractivity contribution in [3.05, 3.63) is 21.9 Å². The van der Waals surface area contributed by atoms with Crippen molar-refractivity contribution in [1.82, 2.24) is 9.88 Å². The fourth-order valence-corrected chi connectivity index (χ4v) is 1.77. The second-order valence-electron chi connectivity index (χ2n) is 3.93. The molecule has 1 atom stereocenters. The van der Waals surface area contributed by atoms with Crippen molar-refractivity contribution in [2.45, 2.75) is 13.8 Å². The molecular formula is C11H14Cl2N2O3. The highest BCUT2D eigenvalue weighted by atomic mass is 35.5. The van der Waals surface area contributed by atoms with E-state index < -0.39 is 11.9 Å². The first-order chi connectivity index (χ1) is 8.36. The Bertz CT molecular complexity index is 440. The molecule has 0 radical (unpaired) electrons. The van der Waals surface area contributed by atoms with Gasteiger partial charge in [0.1, 0.15) is 10.8 Å². The van der Waals surface area contributed by atoms with E-state index in [1.807, 2.05) is 0 Å². The smallest absolute Gasteiger partial charge is 0.308 e. The average Bonchev–Trinajstić information content (AvgIpc) is 2.65. The van der Waals surface area contributed by atoms with Gasteiger partial charge in [0.2, 0.25) is 0 Å². The summed E-state index contributed by atoms with van der Waals surface area (Å²) in [5, 5.41) is 9.30. The molecule has 18 heavy (non-hydrogen) atoms. The Balaban J connectivity index is 2.82. The molecule has 1 aromatic heterocycles. The van der Waals surface area contributed by atoms with Crippen LogP contribution >= 0.6 is 23.2 Å². The number of aliphatic carboxylic acids is 1. The number of carbonyl (C=O) groups excluding carboxylic acids is 1. The molecule has 1 amide bonds. The lowest BCUT2D eigenvalue weighted by atomic mass is 10.1. The number of nitrogens with zero attached hydrogens (tertiary/aromatic N) is 1. The third kappa shape index (κ3) is 3.40. The molecule has 0 spiro atoms. The molecule has 0 aliphatic heterocycles. The maximum atomic E-state index is 12.1. The van der Waals surface area contributed by atoms with Gasteiger partial charge in [-0.2, -0.15) is 0 Å². The van der Waals surface area contributed by atoms with Crippen molar-refractivity contribution in [2.24, 2.45) is 5.92 Å². The Kier molecular flexibility index (Phi) is 5.04. The molecule has 0 saturated heterocycles. The van der Waals surface area contributed by atoms with E-state index in [0.717, 1.165) is 0 Å². The minimum absolute atomic E-state index is 0.138. The van der Waals surface area contributed by atoms with Gasteiger partial charge in [-0.1, -0.05) is 30.1 Å². The fraction of sp³-hybridized carbons (Fsp3) is 0.455. The molecule has 0 aliphatic rings. The van der Waals surface area contributed by atoms with Gasteiger partial charge in [-0.05, 0) is 13.0 Å². The van der Waals surface area contributed by atoms with Gasteiger partial charge >= 0.3 is 5.97 Å². The lowest BCUT2D eigenvalue weighted by molar-refractivity contribution is -0.141. The minimum atomic E-state index is -0.941. The summed E-state index contributed by atoms with van der Waals surface area (Å²) < 4.78 is 0. The highest BCUT2D eigenvalue weighted by Gasteiger charge is 2.22. The van der Waals surface area contributed by atoms with Crippen molar-refractivity contribution in [3.63, 3.8) is 0 Å². The molecule has 1 aromatic rings. The lowest BCUT2D eigenvalue weighted by Crippen LogP contribution is -2.36. The van der Waals surface area contributed by atoms with Crippen molar-refractivity contribution in [3.8, 4) is 0 Å². The van der Waals surface area contributed by atoms with Gasteiger partial charge in [0.05, 0.1) is 10.9 Å². The molecule has 7 heteroatoms. The third-order valence-corrected chi connectivity index (χ3v) is 3.23. The first-order valence-electron chi connectivity index (χ1n) is 5.42. The van der Waals surface area contributed by atoms with E-state index in [-0.39, 0.29) is 28.3 Å². The number of H-pyrrole nitrogens is 1. The predicted molar refractivity (Wildman–Crippen MR) is 69.2 cm³/mol. The Hall–Kier alpha value is -1.20. The number of hydrogen-bond acceptors (Lipinski definition) is 2. The van der Waals surface area contributed by atoms with Gasteiger partial charge in [-0.25, -0.2) is 0 Å². The first-order valence-corrected chi connectivity index (χ1v) is 6.18. The van der Waals surface area contributed by atoms with Crippen LogP contribution in [-0.4, -0.2) is 40.0 Å². The molecule has 100 valence electrons. The molecule has 0 aliphatic carbocycles. The summed E-state index contributed by atoms with van der Waals surface area (Å²) >= 11 is 11.5. The van der Waals surface area contributed by atoms with Crippen LogP contribution in [0.2, 0.25) is 10.2 Å². The maximum absolute atomic E-state index is 12.1. The standard InChI is InChI=1S/C11H14Cl2N2O3/c1-3-15(5-6(2)11(17)18)10(16)8-4-7(12)9(13)14-8/h4,6,14H,3,5H2,1-2H3,(H,17,18). The molecule has 5 nitrogen and oxygen atoms in total. The zero-order valence-corrected chi connectivity index (χ0v) is 11.5. The van der Waals surface area contributed by atoms with Gasteiger partial charge in [0.15, 0.2) is 0 Å². The van der Waals surface area contributed by atoms with E-state index in [4.69, 9.17) is 28.3 Å². The summed E-state index contributed by atoms with van der Waals surface area (Å²) in [6.07, 6.45) is 0. The summed E-state index contributed by atoms with van der Waals surface area (Å²) in [7, 11) is 0. The van der Waals surface area contributed by atoms with Crippen LogP contribution in [0.25, 0.3) is 0 Å². The number of rotatable bonds is 5. The van der Waals surface area contributed by atoms with Crippen molar-refractivity contribution < 1.29 is 14.7 Å². The van der Waals surface area contributed by atoms with Crippen LogP contribution in [0.15, 0.2) is 6.07 Å². The minimum Gasteiger partial charge on any atom is -0.481 e. The zero-order valence-electron chi connectivity index (χ0n) is 10.0. The molecule has 0 aromatic carbocycles. The fourth-order valence-electron chi connectivity index (χ4n) is 1.45. The molecule has 1 heterocycles. The van der Waals surface area contributed by atoms with E-state index in [1.54, 1.807) is 13.8 Å². The summed E-state index contributed by atoms with van der Waals surface area (Å²) in [4.78, 5) is 26.9. The topological polar surface area (TPSA) is 73.4 Å². The Morgan fingerprint density at radius 3 is 2.50 bits per heavy atom. The largest absolute Gasteiger partial charge is 0.481 e. The van der Waals surface area contributed by atoms with E-state index in [1.165, 1.54) is 11.0 Å². The predicted octanol–water partition coefficient (Wildman–Crippen LogP) is 2.50. The number of aromatic amines is 1. The molecule has 1 unspecified atom stereocenters. The second kappa shape index (κ2) is 6.11. The van der Waals surface area contributed by atoms with Crippen LogP contribution in [0.4, 0.5) is 0 Å². The number of carboxylic acids is 1. The number of hydrogen-bond donors (Lipinski definition) is 2. The summed E-state index contributed by atoms with van der Waals surface area (Å²) in [6.45, 7) is 3.87. The molecule has 1 rings (SSSR count). The van der Waals surface area contributed by atoms with Crippen LogP contribution < -0.4 is 0 Å². The van der Waals surface area contributed by atoms with E-state index in [2.05, 4.69) is 4.98 Å². The van der Waals surface area contributed by atoms with Crippen molar-refractivity contribution >= 4 is 35.1 Å². The molecule has 2 N–H and O–H groups in total.